The Balaban J connectivity index is 2.36. The second-order valence-corrected chi connectivity index (χ2v) is 6.81. The van der Waals surface area contributed by atoms with Gasteiger partial charge in [0, 0.05) is 4.88 Å². The van der Waals surface area contributed by atoms with E-state index in [0.29, 0.717) is 5.56 Å². The van der Waals surface area contributed by atoms with Crippen LogP contribution in [-0.4, -0.2) is 0 Å². The van der Waals surface area contributed by atoms with Crippen LogP contribution in [0.4, 0.5) is 4.39 Å². The molecule has 0 saturated carbocycles. The van der Waals surface area contributed by atoms with Crippen LogP contribution in [0.3, 0.4) is 0 Å². The van der Waals surface area contributed by atoms with Crippen molar-refractivity contribution in [2.75, 3.05) is 0 Å². The van der Waals surface area contributed by atoms with E-state index < -0.39 is 0 Å². The van der Waals surface area contributed by atoms with Gasteiger partial charge < -0.3 is 0 Å². The van der Waals surface area contributed by atoms with Gasteiger partial charge in [-0.25, -0.2) is 4.39 Å². The Labute approximate surface area is 118 Å². The summed E-state index contributed by atoms with van der Waals surface area (Å²) in [6.07, 6.45) is 0. The van der Waals surface area contributed by atoms with E-state index in [9.17, 15) is 4.39 Å². The molecule has 1 aromatic heterocycles. The van der Waals surface area contributed by atoms with Gasteiger partial charge in [0.2, 0.25) is 0 Å². The third-order valence-electron chi connectivity index (χ3n) is 2.60. The van der Waals surface area contributed by atoms with Crippen molar-refractivity contribution in [2.24, 2.45) is 0 Å². The minimum atomic E-state index is -0.218. The summed E-state index contributed by atoms with van der Waals surface area (Å²) in [4.78, 5) is 1.07. The number of hydrogen-bond acceptors (Lipinski definition) is 1. The average Bonchev–Trinajstić information content (AvgIpc) is 2.62. The van der Waals surface area contributed by atoms with Crippen molar-refractivity contribution < 1.29 is 4.39 Å². The minimum Gasteiger partial charge on any atom is -0.207 e. The topological polar surface area (TPSA) is 0 Å². The first-order chi connectivity index (χ1) is 7.99. The van der Waals surface area contributed by atoms with Gasteiger partial charge >= 0.3 is 0 Å². The molecule has 0 aliphatic rings. The smallest absolute Gasteiger partial charge is 0.126 e. The van der Waals surface area contributed by atoms with E-state index in [1.54, 1.807) is 30.4 Å². The third-order valence-corrected chi connectivity index (χ3v) is 5.42. The van der Waals surface area contributed by atoms with Crippen molar-refractivity contribution in [2.45, 2.75) is 19.2 Å². The Morgan fingerprint density at radius 1 is 1.24 bits per heavy atom. The monoisotopic (exact) mass is 332 g/mol. The molecular weight excluding hydrogens is 323 g/mol. The molecular formula is C13H11BrClFS. The lowest BCUT2D eigenvalue weighted by Crippen LogP contribution is -1.92. The van der Waals surface area contributed by atoms with Gasteiger partial charge in [0.25, 0.3) is 0 Å². The van der Waals surface area contributed by atoms with Crippen LogP contribution in [0.2, 0.25) is 0 Å². The zero-order valence-corrected chi connectivity index (χ0v) is 12.6. The van der Waals surface area contributed by atoms with E-state index in [1.807, 2.05) is 6.92 Å². The number of alkyl halides is 1. The molecule has 17 heavy (non-hydrogen) atoms. The summed E-state index contributed by atoms with van der Waals surface area (Å²) < 4.78 is 14.3. The summed E-state index contributed by atoms with van der Waals surface area (Å²) in [5.41, 5.74) is 2.73. The van der Waals surface area contributed by atoms with Crippen LogP contribution >= 0.6 is 38.9 Å². The van der Waals surface area contributed by atoms with E-state index >= 15 is 0 Å². The lowest BCUT2D eigenvalue weighted by molar-refractivity contribution is 0.617. The van der Waals surface area contributed by atoms with Crippen LogP contribution in [0.25, 0.3) is 0 Å². The second-order valence-electron chi connectivity index (χ2n) is 3.98. The van der Waals surface area contributed by atoms with Crippen molar-refractivity contribution >= 4 is 38.9 Å². The van der Waals surface area contributed by atoms with Crippen LogP contribution in [0.5, 0.6) is 0 Å². The Hall–Kier alpha value is -0.380. The van der Waals surface area contributed by atoms with Crippen molar-refractivity contribution in [3.05, 3.63) is 55.4 Å². The van der Waals surface area contributed by atoms with Crippen molar-refractivity contribution in [1.82, 2.24) is 0 Å². The first-order valence-electron chi connectivity index (χ1n) is 5.15. The fourth-order valence-corrected chi connectivity index (χ4v) is 3.51. The molecule has 1 unspecified atom stereocenters. The molecule has 0 amide bonds. The molecule has 90 valence electrons. The normalized spacial score (nSPS) is 12.8. The van der Waals surface area contributed by atoms with Gasteiger partial charge in [-0.1, -0.05) is 12.1 Å². The van der Waals surface area contributed by atoms with Gasteiger partial charge in [-0.3, -0.25) is 0 Å². The van der Waals surface area contributed by atoms with Gasteiger partial charge in [0.15, 0.2) is 0 Å². The van der Waals surface area contributed by atoms with E-state index in [2.05, 4.69) is 22.0 Å². The minimum absolute atomic E-state index is 0.193. The van der Waals surface area contributed by atoms with Crippen LogP contribution < -0.4 is 0 Å². The summed E-state index contributed by atoms with van der Waals surface area (Å²) >= 11 is 11.5. The third kappa shape index (κ3) is 2.72. The van der Waals surface area contributed by atoms with Crippen LogP contribution in [0, 0.1) is 19.7 Å². The Kier molecular flexibility index (Phi) is 3.91. The van der Waals surface area contributed by atoms with Gasteiger partial charge in [-0.15, -0.1) is 22.9 Å². The molecule has 2 rings (SSSR count). The van der Waals surface area contributed by atoms with E-state index in [0.717, 1.165) is 14.2 Å². The zero-order valence-electron chi connectivity index (χ0n) is 9.43. The van der Waals surface area contributed by atoms with E-state index in [1.165, 1.54) is 11.6 Å². The van der Waals surface area contributed by atoms with Gasteiger partial charge in [0.05, 0.1) is 9.16 Å². The molecule has 0 saturated heterocycles. The lowest BCUT2D eigenvalue weighted by atomic mass is 10.1. The molecule has 2 aromatic rings. The van der Waals surface area contributed by atoms with Crippen LogP contribution in [-0.2, 0) is 0 Å². The second kappa shape index (κ2) is 5.09. The van der Waals surface area contributed by atoms with Crippen molar-refractivity contribution in [3.8, 4) is 0 Å². The number of hydrogen-bond donors (Lipinski definition) is 0. The predicted octanol–water partition coefficient (Wildman–Crippen LogP) is 5.59. The highest BCUT2D eigenvalue weighted by molar-refractivity contribution is 9.11. The quantitative estimate of drug-likeness (QED) is 0.628. The molecule has 0 fully saturated rings. The maximum absolute atomic E-state index is 13.2. The fraction of sp³-hybridized carbons (Fsp3) is 0.231. The average molecular weight is 334 g/mol. The van der Waals surface area contributed by atoms with Crippen molar-refractivity contribution in [3.63, 3.8) is 0 Å². The summed E-state index contributed by atoms with van der Waals surface area (Å²) in [6.45, 7) is 3.78. The maximum Gasteiger partial charge on any atom is 0.126 e. The number of benzene rings is 1. The highest BCUT2D eigenvalue weighted by Gasteiger charge is 2.15. The Morgan fingerprint density at radius 2 is 1.94 bits per heavy atom. The highest BCUT2D eigenvalue weighted by Crippen LogP contribution is 2.38. The first kappa shape index (κ1) is 13.1. The number of aryl methyl sites for hydroxylation is 2. The van der Waals surface area contributed by atoms with Gasteiger partial charge in [-0.2, -0.15) is 0 Å². The number of halogens is 3. The molecule has 0 nitrogen and oxygen atoms in total. The fourth-order valence-electron chi connectivity index (χ4n) is 1.60. The molecule has 4 heteroatoms. The molecule has 0 aliphatic heterocycles. The molecule has 0 aliphatic carbocycles. The number of thiophene rings is 1. The molecule has 0 radical (unpaired) electrons. The molecule has 0 N–H and O–H groups in total. The number of rotatable bonds is 2. The van der Waals surface area contributed by atoms with Crippen LogP contribution in [0.15, 0.2) is 28.1 Å². The maximum atomic E-state index is 13.2. The Bertz CT molecular complexity index is 531. The summed E-state index contributed by atoms with van der Waals surface area (Å²) in [5, 5.41) is -0.218. The van der Waals surface area contributed by atoms with Crippen LogP contribution in [0.1, 0.15) is 26.9 Å². The van der Waals surface area contributed by atoms with Gasteiger partial charge in [0.1, 0.15) is 5.82 Å². The molecule has 1 heterocycles. The molecule has 1 atom stereocenters. The molecule has 0 bridgehead atoms. The summed E-state index contributed by atoms with van der Waals surface area (Å²) in [7, 11) is 0. The molecule has 1 aromatic carbocycles. The highest BCUT2D eigenvalue weighted by atomic mass is 79.9. The SMILES string of the molecule is Cc1cc(C(Cl)c2cc(C)c(Br)s2)ccc1F. The zero-order chi connectivity index (χ0) is 12.6. The van der Waals surface area contributed by atoms with Crippen molar-refractivity contribution in [1.29, 1.82) is 0 Å². The Morgan fingerprint density at radius 3 is 2.47 bits per heavy atom. The predicted molar refractivity (Wildman–Crippen MR) is 75.6 cm³/mol. The standard InChI is InChI=1S/C13H11BrClFS/c1-7-5-9(3-4-10(7)16)12(15)11-6-8(2)13(14)17-11/h3-6,12H,1-2H3. The van der Waals surface area contributed by atoms with E-state index in [4.69, 9.17) is 11.6 Å². The van der Waals surface area contributed by atoms with E-state index in [-0.39, 0.29) is 11.2 Å². The largest absolute Gasteiger partial charge is 0.207 e. The summed E-state index contributed by atoms with van der Waals surface area (Å²) in [6, 6.07) is 7.07. The lowest BCUT2D eigenvalue weighted by Gasteiger charge is -2.08. The first-order valence-corrected chi connectivity index (χ1v) is 7.19. The summed E-state index contributed by atoms with van der Waals surface area (Å²) in [5.74, 6) is -0.193. The van der Waals surface area contributed by atoms with Gasteiger partial charge in [-0.05, 0) is 58.6 Å². The molecule has 0 spiro atoms.